The molecule has 0 fully saturated rings. The molecule has 98 valence electrons. The van der Waals surface area contributed by atoms with Gasteiger partial charge in [-0.2, -0.15) is 0 Å². The van der Waals surface area contributed by atoms with Gasteiger partial charge in [0, 0.05) is 5.69 Å². The van der Waals surface area contributed by atoms with Crippen LogP contribution in [-0.2, 0) is 0 Å². The Morgan fingerprint density at radius 3 is 2.84 bits per heavy atom. The Labute approximate surface area is 114 Å². The van der Waals surface area contributed by atoms with Crippen LogP contribution < -0.4 is 11.1 Å². The molecule has 0 unspecified atom stereocenters. The molecule has 1 amide bonds. The maximum absolute atomic E-state index is 12.0. The number of carbonyl (C=O) groups excluding carboxylic acids is 1. The van der Waals surface area contributed by atoms with E-state index in [1.54, 1.807) is 19.1 Å². The molecule has 0 saturated heterocycles. The summed E-state index contributed by atoms with van der Waals surface area (Å²) < 4.78 is 0. The Balaban J connectivity index is 2.28. The van der Waals surface area contributed by atoms with Gasteiger partial charge in [-0.3, -0.25) is 10.1 Å². The number of hydrogen-bond donors (Lipinski definition) is 3. The third kappa shape index (κ3) is 2.92. The Morgan fingerprint density at radius 2 is 2.16 bits per heavy atom. The predicted octanol–water partition coefficient (Wildman–Crippen LogP) is 1.98. The topological polar surface area (TPSA) is 101 Å². The largest absolute Gasteiger partial charge is 0.505 e. The van der Waals surface area contributed by atoms with Gasteiger partial charge in [0.2, 0.25) is 5.95 Å². The van der Waals surface area contributed by atoms with E-state index < -0.39 is 5.91 Å². The van der Waals surface area contributed by atoms with E-state index in [2.05, 4.69) is 15.3 Å². The predicted molar refractivity (Wildman–Crippen MR) is 72.3 cm³/mol. The molecule has 0 aliphatic carbocycles. The van der Waals surface area contributed by atoms with Gasteiger partial charge in [-0.25, -0.2) is 9.97 Å². The maximum atomic E-state index is 12.0. The number of carbonyl (C=O) groups is 1. The summed E-state index contributed by atoms with van der Waals surface area (Å²) in [6.45, 7) is 1.72. The molecule has 0 saturated carbocycles. The van der Waals surface area contributed by atoms with Crippen molar-refractivity contribution in [2.24, 2.45) is 0 Å². The normalized spacial score (nSPS) is 10.2. The van der Waals surface area contributed by atoms with E-state index in [1.165, 1.54) is 12.1 Å². The number of amides is 1. The minimum atomic E-state index is -0.563. The zero-order chi connectivity index (χ0) is 14.0. The zero-order valence-electron chi connectivity index (χ0n) is 10.0. The number of phenols is 1. The summed E-state index contributed by atoms with van der Waals surface area (Å²) in [4.78, 5) is 19.8. The highest BCUT2D eigenvalue weighted by Crippen LogP contribution is 2.24. The van der Waals surface area contributed by atoms with Crippen LogP contribution in [0, 0.1) is 6.92 Å². The van der Waals surface area contributed by atoms with Crippen molar-refractivity contribution in [3.63, 3.8) is 0 Å². The van der Waals surface area contributed by atoms with Gasteiger partial charge in [-0.15, -0.1) is 0 Å². The van der Waals surface area contributed by atoms with Gasteiger partial charge in [0.25, 0.3) is 5.91 Å². The first-order chi connectivity index (χ1) is 8.97. The van der Waals surface area contributed by atoms with Gasteiger partial charge >= 0.3 is 0 Å². The number of phenolic OH excluding ortho intramolecular Hbond substituents is 1. The Morgan fingerprint density at radius 1 is 1.42 bits per heavy atom. The smallest absolute Gasteiger partial charge is 0.261 e. The number of halogens is 1. The number of hydrogen-bond acceptors (Lipinski definition) is 5. The second kappa shape index (κ2) is 5.11. The van der Waals surface area contributed by atoms with E-state index in [0.29, 0.717) is 5.69 Å². The van der Waals surface area contributed by atoms with Gasteiger partial charge in [0.15, 0.2) is 5.75 Å². The van der Waals surface area contributed by atoms with Crippen molar-refractivity contribution in [2.75, 3.05) is 11.1 Å². The molecule has 0 bridgehead atoms. The highest BCUT2D eigenvalue weighted by molar-refractivity contribution is 6.29. The lowest BCUT2D eigenvalue weighted by Crippen LogP contribution is -2.15. The van der Waals surface area contributed by atoms with Crippen LogP contribution in [0.2, 0.25) is 5.15 Å². The number of aromatic hydroxyl groups is 1. The van der Waals surface area contributed by atoms with E-state index in [9.17, 15) is 9.90 Å². The minimum absolute atomic E-state index is 0.0428. The first kappa shape index (κ1) is 13.1. The van der Waals surface area contributed by atoms with Crippen molar-refractivity contribution in [3.05, 3.63) is 40.7 Å². The number of aryl methyl sites for hydroxylation is 1. The third-order valence-corrected chi connectivity index (χ3v) is 2.55. The van der Waals surface area contributed by atoms with Crippen molar-refractivity contribution < 1.29 is 9.90 Å². The second-order valence-electron chi connectivity index (χ2n) is 3.85. The molecule has 0 atom stereocenters. The van der Waals surface area contributed by atoms with E-state index in [1.807, 2.05) is 0 Å². The standard InChI is InChI=1S/C12H11ClN4O2/c1-6-5-9(13)16-12(15-6)17-11(19)7-3-2-4-8(14)10(7)18/h2-5,18H,14H2,1H3,(H,15,16,17,19). The fraction of sp³-hybridized carbons (Fsp3) is 0.0833. The number of anilines is 2. The lowest BCUT2D eigenvalue weighted by molar-refractivity contribution is 0.102. The molecule has 1 aromatic carbocycles. The molecular formula is C12H11ClN4O2. The number of nitrogens with one attached hydrogen (secondary N) is 1. The lowest BCUT2D eigenvalue weighted by Gasteiger charge is -2.07. The van der Waals surface area contributed by atoms with E-state index in [-0.39, 0.29) is 28.1 Å². The summed E-state index contributed by atoms with van der Waals surface area (Å²) in [7, 11) is 0. The molecule has 19 heavy (non-hydrogen) atoms. The van der Waals surface area contributed by atoms with Crippen molar-refractivity contribution >= 4 is 29.1 Å². The Hall–Kier alpha value is -2.34. The number of aromatic nitrogens is 2. The number of rotatable bonds is 2. The SMILES string of the molecule is Cc1cc(Cl)nc(NC(=O)c2cccc(N)c2O)n1. The van der Waals surface area contributed by atoms with Crippen LogP contribution in [0.4, 0.5) is 11.6 Å². The van der Waals surface area contributed by atoms with Crippen LogP contribution >= 0.6 is 11.6 Å². The van der Waals surface area contributed by atoms with Crippen LogP contribution in [0.25, 0.3) is 0 Å². The van der Waals surface area contributed by atoms with Crippen molar-refractivity contribution in [1.82, 2.24) is 9.97 Å². The summed E-state index contributed by atoms with van der Waals surface area (Å²) in [6, 6.07) is 6.06. The summed E-state index contributed by atoms with van der Waals surface area (Å²) in [5, 5.41) is 12.4. The summed E-state index contributed by atoms with van der Waals surface area (Å²) in [5.41, 5.74) is 6.30. The molecule has 2 rings (SSSR count). The van der Waals surface area contributed by atoms with Crippen LogP contribution in [0.5, 0.6) is 5.75 Å². The average molecular weight is 279 g/mol. The van der Waals surface area contributed by atoms with Crippen LogP contribution in [0.3, 0.4) is 0 Å². The number of nitrogens with zero attached hydrogens (tertiary/aromatic N) is 2. The molecule has 7 heteroatoms. The number of nitrogen functional groups attached to an aromatic ring is 1. The van der Waals surface area contributed by atoms with Crippen LogP contribution in [0.1, 0.15) is 16.1 Å². The highest BCUT2D eigenvalue weighted by atomic mass is 35.5. The van der Waals surface area contributed by atoms with Gasteiger partial charge in [0.05, 0.1) is 11.3 Å². The Kier molecular flexibility index (Phi) is 3.52. The Bertz CT molecular complexity index is 625. The van der Waals surface area contributed by atoms with Gasteiger partial charge in [-0.1, -0.05) is 17.7 Å². The minimum Gasteiger partial charge on any atom is -0.505 e. The molecule has 0 spiro atoms. The molecular weight excluding hydrogens is 268 g/mol. The molecule has 0 aliphatic heterocycles. The monoisotopic (exact) mass is 278 g/mol. The van der Waals surface area contributed by atoms with E-state index >= 15 is 0 Å². The molecule has 2 aromatic rings. The quantitative estimate of drug-likeness (QED) is 0.443. The molecule has 0 radical (unpaired) electrons. The van der Waals surface area contributed by atoms with E-state index in [0.717, 1.165) is 0 Å². The fourth-order valence-electron chi connectivity index (χ4n) is 1.50. The van der Waals surface area contributed by atoms with Crippen LogP contribution in [-0.4, -0.2) is 21.0 Å². The average Bonchev–Trinajstić information content (AvgIpc) is 2.31. The second-order valence-corrected chi connectivity index (χ2v) is 4.24. The third-order valence-electron chi connectivity index (χ3n) is 2.36. The van der Waals surface area contributed by atoms with Gasteiger partial charge < -0.3 is 10.8 Å². The fourth-order valence-corrected chi connectivity index (χ4v) is 1.74. The molecule has 6 nitrogen and oxygen atoms in total. The summed E-state index contributed by atoms with van der Waals surface area (Å²) >= 11 is 5.76. The summed E-state index contributed by atoms with van der Waals surface area (Å²) in [6.07, 6.45) is 0. The van der Waals surface area contributed by atoms with Crippen molar-refractivity contribution in [1.29, 1.82) is 0 Å². The number of para-hydroxylation sites is 1. The first-order valence-electron chi connectivity index (χ1n) is 5.37. The molecule has 4 N–H and O–H groups in total. The summed E-state index contributed by atoms with van der Waals surface area (Å²) in [5.74, 6) is -0.776. The first-order valence-corrected chi connectivity index (χ1v) is 5.75. The lowest BCUT2D eigenvalue weighted by atomic mass is 10.1. The van der Waals surface area contributed by atoms with Gasteiger partial charge in [0.1, 0.15) is 5.15 Å². The van der Waals surface area contributed by atoms with Gasteiger partial charge in [-0.05, 0) is 25.1 Å². The molecule has 0 aliphatic rings. The zero-order valence-corrected chi connectivity index (χ0v) is 10.8. The molecule has 1 heterocycles. The van der Waals surface area contributed by atoms with Crippen molar-refractivity contribution in [3.8, 4) is 5.75 Å². The highest BCUT2D eigenvalue weighted by Gasteiger charge is 2.14. The molecule has 1 aromatic heterocycles. The number of benzene rings is 1. The number of nitrogens with two attached hydrogens (primary N) is 1. The maximum Gasteiger partial charge on any atom is 0.261 e. The van der Waals surface area contributed by atoms with E-state index in [4.69, 9.17) is 17.3 Å². The van der Waals surface area contributed by atoms with Crippen LogP contribution in [0.15, 0.2) is 24.3 Å². The van der Waals surface area contributed by atoms with Crippen molar-refractivity contribution in [2.45, 2.75) is 6.92 Å².